The summed E-state index contributed by atoms with van der Waals surface area (Å²) in [6.07, 6.45) is 9.56. The van der Waals surface area contributed by atoms with Gasteiger partial charge in [0.1, 0.15) is 35.3 Å². The average Bonchev–Trinajstić information content (AvgIpc) is 3.82. The fourth-order valence-electron chi connectivity index (χ4n) is 9.91. The summed E-state index contributed by atoms with van der Waals surface area (Å²) in [4.78, 5) is 82.4. The van der Waals surface area contributed by atoms with E-state index in [2.05, 4.69) is 40.7 Å². The number of rotatable bonds is 12. The van der Waals surface area contributed by atoms with Crippen molar-refractivity contribution in [3.63, 3.8) is 0 Å². The van der Waals surface area contributed by atoms with Crippen LogP contribution in [-0.2, 0) is 9.59 Å². The van der Waals surface area contributed by atoms with Crippen LogP contribution in [0.2, 0.25) is 5.02 Å². The third kappa shape index (κ3) is 8.28. The number of halogens is 1. The maximum Gasteiger partial charge on any atom is 0.262 e. The molecule has 15 nitrogen and oxygen atoms in total. The number of ether oxygens (including phenoxy) is 1. The van der Waals surface area contributed by atoms with Crippen molar-refractivity contribution >= 4 is 63.6 Å². The molecule has 324 valence electrons. The normalized spacial score (nSPS) is 22.3. The lowest BCUT2D eigenvalue weighted by Gasteiger charge is -2.45. The number of aromatic nitrogens is 3. The van der Waals surface area contributed by atoms with Gasteiger partial charge in [0.15, 0.2) is 5.78 Å². The number of fused-ring (bicyclic) bond motifs is 2. The lowest BCUT2D eigenvalue weighted by molar-refractivity contribution is -0.136. The van der Waals surface area contributed by atoms with Crippen molar-refractivity contribution in [3.8, 4) is 11.5 Å². The van der Waals surface area contributed by atoms with Crippen LogP contribution in [0.4, 0.5) is 11.5 Å². The number of ketones is 1. The zero-order valence-corrected chi connectivity index (χ0v) is 35.4. The molecule has 1 aliphatic carbocycles. The Kier molecular flexibility index (Phi) is 11.2. The van der Waals surface area contributed by atoms with Gasteiger partial charge in [0.05, 0.1) is 27.1 Å². The number of imide groups is 2. The molecule has 0 radical (unpaired) electrons. The maximum atomic E-state index is 13.9. The fourth-order valence-corrected chi connectivity index (χ4v) is 10.2. The number of hydrogen-bond donors (Lipinski definition) is 4. The number of piperidine rings is 2. The smallest absolute Gasteiger partial charge is 0.262 e. The van der Waals surface area contributed by atoms with Crippen LogP contribution >= 0.6 is 11.6 Å². The molecule has 1 saturated carbocycles. The minimum atomic E-state index is -0.967. The molecule has 5 aliphatic rings. The number of anilines is 2. The van der Waals surface area contributed by atoms with Gasteiger partial charge in [-0.2, -0.15) is 0 Å². The van der Waals surface area contributed by atoms with Gasteiger partial charge in [-0.05, 0) is 93.3 Å². The average molecular weight is 870 g/mol. The minimum absolute atomic E-state index is 0.0957. The molecule has 0 bridgehead atoms. The first-order valence-corrected chi connectivity index (χ1v) is 22.3. The third-order valence-electron chi connectivity index (χ3n) is 13.3. The summed E-state index contributed by atoms with van der Waals surface area (Å²) >= 11 is 6.64. The number of amides is 4. The van der Waals surface area contributed by atoms with Crippen molar-refractivity contribution in [2.24, 2.45) is 5.92 Å². The Morgan fingerprint density at radius 1 is 0.794 bits per heavy atom. The van der Waals surface area contributed by atoms with Gasteiger partial charge in [-0.25, -0.2) is 9.97 Å². The molecule has 16 heteroatoms. The highest BCUT2D eigenvalue weighted by molar-refractivity contribution is 6.36. The minimum Gasteiger partial charge on any atom is -0.457 e. The number of para-hydroxylation sites is 1. The number of hydrogen-bond acceptors (Lipinski definition) is 12. The standard InChI is InChI=1S/C47H48ClN9O6/c48-38-21-33(63-32-4-2-1-3-5-32)11-13-35(38)42(59)37-22-49-43-41(37)44(51-26-50-43)53-29-8-6-28(7-9-29)52-30-24-55(25-30)23-27-16-18-56(19-17-27)31-10-12-34-36(20-31)47(62)57(46(34)61)39-14-15-40(58)54-45(39)60/h1-5,10-13,20-22,26-30,39,52H,6-9,14-19,23-25H2,(H,54,58,60)(H2,49,50,51,53). The van der Waals surface area contributed by atoms with Gasteiger partial charge in [-0.3, -0.25) is 39.1 Å². The van der Waals surface area contributed by atoms with Gasteiger partial charge in [0.2, 0.25) is 11.8 Å². The monoisotopic (exact) mass is 869 g/mol. The predicted molar refractivity (Wildman–Crippen MR) is 236 cm³/mol. The van der Waals surface area contributed by atoms with Gasteiger partial charge in [0, 0.05) is 80.8 Å². The van der Waals surface area contributed by atoms with Gasteiger partial charge < -0.3 is 25.3 Å². The molecular formula is C47H48ClN9O6. The van der Waals surface area contributed by atoms with Gasteiger partial charge in [0.25, 0.3) is 11.8 Å². The summed E-state index contributed by atoms with van der Waals surface area (Å²) in [6.45, 7) is 4.88. The van der Waals surface area contributed by atoms with Crippen molar-refractivity contribution < 1.29 is 28.7 Å². The molecule has 4 amide bonds. The Balaban J connectivity index is 0.670. The second kappa shape index (κ2) is 17.2. The first-order valence-electron chi connectivity index (χ1n) is 21.9. The molecule has 6 heterocycles. The van der Waals surface area contributed by atoms with Crippen molar-refractivity contribution in [2.45, 2.75) is 75.5 Å². The summed E-state index contributed by atoms with van der Waals surface area (Å²) in [5, 5.41) is 10.8. The Labute approximate surface area is 368 Å². The molecule has 10 rings (SSSR count). The summed E-state index contributed by atoms with van der Waals surface area (Å²) < 4.78 is 5.91. The molecule has 3 saturated heterocycles. The molecule has 4 N–H and O–H groups in total. The van der Waals surface area contributed by atoms with Crippen LogP contribution in [0.15, 0.2) is 79.3 Å². The number of nitrogens with zero attached hydrogens (tertiary/aromatic N) is 5. The van der Waals surface area contributed by atoms with Gasteiger partial charge in [-0.15, -0.1) is 0 Å². The molecule has 0 spiro atoms. The zero-order chi connectivity index (χ0) is 43.2. The lowest BCUT2D eigenvalue weighted by atomic mass is 9.89. The van der Waals surface area contributed by atoms with Gasteiger partial charge in [-0.1, -0.05) is 29.8 Å². The lowest BCUT2D eigenvalue weighted by Crippen LogP contribution is -2.61. The zero-order valence-electron chi connectivity index (χ0n) is 34.6. The topological polar surface area (TPSA) is 182 Å². The molecule has 2 aromatic heterocycles. The number of benzene rings is 3. The van der Waals surface area contributed by atoms with E-state index < -0.39 is 23.8 Å². The van der Waals surface area contributed by atoms with Crippen LogP contribution in [0.5, 0.6) is 11.5 Å². The summed E-state index contributed by atoms with van der Waals surface area (Å²) in [5.74, 6) is 0.279. The Bertz CT molecular complexity index is 2600. The highest BCUT2D eigenvalue weighted by Crippen LogP contribution is 2.35. The van der Waals surface area contributed by atoms with Gasteiger partial charge >= 0.3 is 0 Å². The summed E-state index contributed by atoms with van der Waals surface area (Å²) in [6, 6.07) is 20.0. The first kappa shape index (κ1) is 40.9. The second-order valence-corrected chi connectivity index (χ2v) is 17.8. The molecule has 4 fully saturated rings. The second-order valence-electron chi connectivity index (χ2n) is 17.4. The molecule has 63 heavy (non-hydrogen) atoms. The number of nitrogens with one attached hydrogen (secondary N) is 4. The number of carbonyl (C=O) groups excluding carboxylic acids is 5. The van der Waals surface area contributed by atoms with Crippen molar-refractivity contribution in [2.75, 3.05) is 42.9 Å². The number of carbonyl (C=O) groups is 5. The van der Waals surface area contributed by atoms with E-state index in [0.717, 1.165) is 81.8 Å². The quantitative estimate of drug-likeness (QED) is 0.0856. The Morgan fingerprint density at radius 3 is 2.32 bits per heavy atom. The van der Waals surface area contributed by atoms with E-state index in [-0.39, 0.29) is 30.6 Å². The van der Waals surface area contributed by atoms with E-state index >= 15 is 0 Å². The third-order valence-corrected chi connectivity index (χ3v) is 13.6. The number of likely N-dealkylation sites (tertiary alicyclic amines) is 1. The number of H-pyrrole nitrogens is 1. The van der Waals surface area contributed by atoms with Crippen LogP contribution in [-0.4, -0.2) is 111 Å². The van der Waals surface area contributed by atoms with E-state index in [9.17, 15) is 24.0 Å². The molecule has 1 unspecified atom stereocenters. The highest BCUT2D eigenvalue weighted by Gasteiger charge is 2.45. The van der Waals surface area contributed by atoms with Crippen molar-refractivity contribution in [3.05, 3.63) is 107 Å². The molecule has 3 aromatic carbocycles. The first-order chi connectivity index (χ1) is 30.6. The Morgan fingerprint density at radius 2 is 1.56 bits per heavy atom. The fraction of sp³-hybridized carbons (Fsp3) is 0.383. The van der Waals surface area contributed by atoms with E-state index in [1.165, 1.54) is 6.33 Å². The van der Waals surface area contributed by atoms with Crippen LogP contribution < -0.4 is 25.6 Å². The van der Waals surface area contributed by atoms with E-state index in [0.29, 0.717) is 73.6 Å². The number of aromatic amines is 1. The maximum absolute atomic E-state index is 13.9. The van der Waals surface area contributed by atoms with E-state index in [1.54, 1.807) is 36.5 Å². The summed E-state index contributed by atoms with van der Waals surface area (Å²) in [5.41, 5.74) is 2.94. The Hall–Kier alpha value is -6.16. The van der Waals surface area contributed by atoms with Crippen LogP contribution in [0.3, 0.4) is 0 Å². The largest absolute Gasteiger partial charge is 0.457 e. The van der Waals surface area contributed by atoms with Crippen LogP contribution in [0, 0.1) is 5.92 Å². The summed E-state index contributed by atoms with van der Waals surface area (Å²) in [7, 11) is 0. The van der Waals surface area contributed by atoms with Crippen molar-refractivity contribution in [1.82, 2.24) is 35.4 Å². The van der Waals surface area contributed by atoms with E-state index in [1.807, 2.05) is 36.4 Å². The van der Waals surface area contributed by atoms with E-state index in [4.69, 9.17) is 16.3 Å². The molecule has 4 aliphatic heterocycles. The molecular weight excluding hydrogens is 822 g/mol. The highest BCUT2D eigenvalue weighted by atomic mass is 35.5. The molecule has 5 aromatic rings. The van der Waals surface area contributed by atoms with Crippen molar-refractivity contribution in [1.29, 1.82) is 0 Å². The molecule has 1 atom stereocenters. The SMILES string of the molecule is O=C1CCC(N2C(=O)c3ccc(N4CCC(CN5CC(NC6CCC(Nc7ncnc8[nH]cc(C(=O)c9ccc(Oc%10ccccc%10)cc9Cl)c78)CC6)C5)CC4)cc3C2=O)C(=O)N1. The van der Waals surface area contributed by atoms with Crippen LogP contribution in [0.1, 0.15) is 88.0 Å². The predicted octanol–water partition coefficient (Wildman–Crippen LogP) is 5.95. The van der Waals surface area contributed by atoms with Crippen LogP contribution in [0.25, 0.3) is 11.0 Å².